The summed E-state index contributed by atoms with van der Waals surface area (Å²) in [5.41, 5.74) is 3.59. The van der Waals surface area contributed by atoms with Crippen LogP contribution in [0.2, 0.25) is 0 Å². The highest BCUT2D eigenvalue weighted by Gasteiger charge is 2.20. The summed E-state index contributed by atoms with van der Waals surface area (Å²) in [5.74, 6) is 0.891. The molecule has 0 bridgehead atoms. The van der Waals surface area contributed by atoms with Gasteiger partial charge in [-0.2, -0.15) is 0 Å². The van der Waals surface area contributed by atoms with Gasteiger partial charge in [0.05, 0.1) is 18.3 Å². The number of rotatable bonds is 2. The van der Waals surface area contributed by atoms with Crippen LogP contribution in [-0.4, -0.2) is 29.8 Å². The predicted octanol–water partition coefficient (Wildman–Crippen LogP) is 3.90. The van der Waals surface area contributed by atoms with Crippen molar-refractivity contribution in [1.82, 2.24) is 9.97 Å². The van der Waals surface area contributed by atoms with E-state index in [9.17, 15) is 4.79 Å². The molecule has 4 aromatic rings. The molecule has 0 fully saturated rings. The number of aromatic nitrogens is 2. The fraction of sp³-hybridized carbons (Fsp3) is 0.100. The molecule has 2 aromatic carbocycles. The van der Waals surface area contributed by atoms with Gasteiger partial charge in [0.15, 0.2) is 11.5 Å². The molecule has 1 aliphatic heterocycles. The Bertz CT molecular complexity index is 1180. The second-order valence-electron chi connectivity index (χ2n) is 6.01. The van der Waals surface area contributed by atoms with Crippen LogP contribution in [0.4, 0.5) is 0 Å². The third kappa shape index (κ3) is 2.12. The number of aromatic amines is 1. The zero-order valence-electron chi connectivity index (χ0n) is 13.9. The molecule has 6 nitrogen and oxygen atoms in total. The van der Waals surface area contributed by atoms with Crippen molar-refractivity contribution >= 4 is 27.8 Å². The molecule has 5 rings (SSSR count). The maximum Gasteiger partial charge on any atom is 0.356 e. The van der Waals surface area contributed by atoms with Crippen molar-refractivity contribution in [2.75, 3.05) is 13.9 Å². The molecule has 0 saturated carbocycles. The minimum absolute atomic E-state index is 0.205. The number of carbonyl (C=O) groups excluding carboxylic acids is 1. The fourth-order valence-electron chi connectivity index (χ4n) is 3.31. The van der Waals surface area contributed by atoms with Crippen LogP contribution in [0.1, 0.15) is 10.5 Å². The number of carbonyl (C=O) groups is 1. The molecular weight excluding hydrogens is 332 g/mol. The van der Waals surface area contributed by atoms with E-state index < -0.39 is 5.97 Å². The van der Waals surface area contributed by atoms with Crippen LogP contribution < -0.4 is 9.47 Å². The standard InChI is InChI=1S/C20H14N2O4/c1-24-20(23)15-9-13-12-4-2-3-5-14(12)21-19(13)18(22-15)11-6-7-16-17(8-11)26-10-25-16/h2-9,21H,10H2,1H3. The lowest BCUT2D eigenvalue weighted by molar-refractivity contribution is 0.0594. The van der Waals surface area contributed by atoms with Gasteiger partial charge in [-0.15, -0.1) is 0 Å². The summed E-state index contributed by atoms with van der Waals surface area (Å²) in [5, 5.41) is 1.95. The van der Waals surface area contributed by atoms with E-state index in [1.165, 1.54) is 7.11 Å². The molecule has 3 heterocycles. The predicted molar refractivity (Wildman–Crippen MR) is 96.5 cm³/mol. The average molecular weight is 346 g/mol. The lowest BCUT2D eigenvalue weighted by Gasteiger charge is -2.07. The molecule has 1 aliphatic rings. The number of para-hydroxylation sites is 1. The molecule has 0 atom stereocenters. The van der Waals surface area contributed by atoms with Crippen molar-refractivity contribution in [3.63, 3.8) is 0 Å². The number of esters is 1. The first kappa shape index (κ1) is 14.8. The SMILES string of the molecule is COC(=O)c1cc2c([nH]c3ccccc32)c(-c2ccc3c(c2)OCO3)n1. The minimum atomic E-state index is -0.473. The zero-order chi connectivity index (χ0) is 17.7. The van der Waals surface area contributed by atoms with Crippen LogP contribution in [0.5, 0.6) is 11.5 Å². The molecule has 0 spiro atoms. The number of hydrogen-bond acceptors (Lipinski definition) is 5. The van der Waals surface area contributed by atoms with E-state index in [1.54, 1.807) is 6.07 Å². The molecule has 0 saturated heterocycles. The average Bonchev–Trinajstić information content (AvgIpc) is 3.30. The number of hydrogen-bond donors (Lipinski definition) is 1. The van der Waals surface area contributed by atoms with Crippen molar-refractivity contribution in [3.8, 4) is 22.8 Å². The van der Waals surface area contributed by atoms with E-state index in [2.05, 4.69) is 9.97 Å². The molecule has 0 aliphatic carbocycles. The van der Waals surface area contributed by atoms with Crippen LogP contribution in [0.25, 0.3) is 33.1 Å². The first-order chi connectivity index (χ1) is 12.7. The maximum absolute atomic E-state index is 12.1. The third-order valence-corrected chi connectivity index (χ3v) is 4.54. The minimum Gasteiger partial charge on any atom is -0.464 e. The van der Waals surface area contributed by atoms with Gasteiger partial charge in [0.1, 0.15) is 5.69 Å². The molecule has 0 unspecified atom stereocenters. The van der Waals surface area contributed by atoms with Gasteiger partial charge < -0.3 is 19.2 Å². The Morgan fingerprint density at radius 1 is 1.08 bits per heavy atom. The smallest absolute Gasteiger partial charge is 0.356 e. The topological polar surface area (TPSA) is 73.4 Å². The summed E-state index contributed by atoms with van der Waals surface area (Å²) in [6.07, 6.45) is 0. The summed E-state index contributed by atoms with van der Waals surface area (Å²) in [6, 6.07) is 15.3. The Morgan fingerprint density at radius 3 is 2.81 bits per heavy atom. The van der Waals surface area contributed by atoms with E-state index in [1.807, 2.05) is 42.5 Å². The number of nitrogens with one attached hydrogen (secondary N) is 1. The van der Waals surface area contributed by atoms with Crippen LogP contribution >= 0.6 is 0 Å². The molecule has 0 amide bonds. The third-order valence-electron chi connectivity index (χ3n) is 4.54. The second kappa shape index (κ2) is 5.49. The number of fused-ring (bicyclic) bond motifs is 4. The Hall–Kier alpha value is -3.54. The van der Waals surface area contributed by atoms with Crippen molar-refractivity contribution in [2.45, 2.75) is 0 Å². The zero-order valence-corrected chi connectivity index (χ0v) is 13.9. The van der Waals surface area contributed by atoms with Gasteiger partial charge in [-0.05, 0) is 30.3 Å². The highest BCUT2D eigenvalue weighted by atomic mass is 16.7. The summed E-state index contributed by atoms with van der Waals surface area (Å²) in [4.78, 5) is 20.1. The van der Waals surface area contributed by atoms with Crippen LogP contribution in [-0.2, 0) is 4.74 Å². The van der Waals surface area contributed by atoms with Crippen molar-refractivity contribution in [2.24, 2.45) is 0 Å². The molecule has 1 N–H and O–H groups in total. The molecular formula is C20H14N2O4. The lowest BCUT2D eigenvalue weighted by Crippen LogP contribution is -2.05. The summed E-state index contributed by atoms with van der Waals surface area (Å²) < 4.78 is 15.7. The second-order valence-corrected chi connectivity index (χ2v) is 6.01. The number of H-pyrrole nitrogens is 1. The van der Waals surface area contributed by atoms with Gasteiger partial charge in [-0.1, -0.05) is 18.2 Å². The summed E-state index contributed by atoms with van der Waals surface area (Å²) in [7, 11) is 1.35. The Labute approximate surface area is 148 Å². The molecule has 2 aromatic heterocycles. The van der Waals surface area contributed by atoms with Crippen molar-refractivity contribution in [3.05, 3.63) is 54.2 Å². The van der Waals surface area contributed by atoms with E-state index in [4.69, 9.17) is 14.2 Å². The molecule has 0 radical (unpaired) electrons. The number of nitrogens with zero attached hydrogens (tertiary/aromatic N) is 1. The van der Waals surface area contributed by atoms with Gasteiger partial charge in [0.25, 0.3) is 0 Å². The number of pyridine rings is 1. The van der Waals surface area contributed by atoms with Crippen LogP contribution in [0.15, 0.2) is 48.5 Å². The Kier molecular flexibility index (Phi) is 3.12. The van der Waals surface area contributed by atoms with Gasteiger partial charge in [0.2, 0.25) is 6.79 Å². The van der Waals surface area contributed by atoms with E-state index >= 15 is 0 Å². The highest BCUT2D eigenvalue weighted by Crippen LogP contribution is 2.38. The number of ether oxygens (including phenoxy) is 3. The summed E-state index contributed by atoms with van der Waals surface area (Å²) in [6.45, 7) is 0.205. The largest absolute Gasteiger partial charge is 0.464 e. The molecule has 128 valence electrons. The van der Waals surface area contributed by atoms with Gasteiger partial charge in [-0.25, -0.2) is 9.78 Å². The first-order valence-electron chi connectivity index (χ1n) is 8.14. The highest BCUT2D eigenvalue weighted by molar-refractivity contribution is 6.12. The first-order valence-corrected chi connectivity index (χ1v) is 8.14. The Morgan fingerprint density at radius 2 is 1.92 bits per heavy atom. The van der Waals surface area contributed by atoms with Gasteiger partial charge in [-0.3, -0.25) is 0 Å². The summed E-state index contributed by atoms with van der Waals surface area (Å²) >= 11 is 0. The van der Waals surface area contributed by atoms with Gasteiger partial charge in [0, 0.05) is 21.9 Å². The van der Waals surface area contributed by atoms with Crippen LogP contribution in [0, 0.1) is 0 Å². The molecule has 6 heteroatoms. The van der Waals surface area contributed by atoms with E-state index in [0.717, 1.165) is 27.4 Å². The van der Waals surface area contributed by atoms with Crippen molar-refractivity contribution in [1.29, 1.82) is 0 Å². The maximum atomic E-state index is 12.1. The van der Waals surface area contributed by atoms with E-state index in [-0.39, 0.29) is 12.5 Å². The molecule has 26 heavy (non-hydrogen) atoms. The number of benzene rings is 2. The number of methoxy groups -OCH3 is 1. The van der Waals surface area contributed by atoms with Crippen molar-refractivity contribution < 1.29 is 19.0 Å². The lowest BCUT2D eigenvalue weighted by atomic mass is 10.1. The quantitative estimate of drug-likeness (QED) is 0.557. The van der Waals surface area contributed by atoms with Gasteiger partial charge >= 0.3 is 5.97 Å². The normalized spacial score (nSPS) is 12.7. The fourth-order valence-corrected chi connectivity index (χ4v) is 3.31. The Balaban J connectivity index is 1.83. The van der Waals surface area contributed by atoms with Crippen LogP contribution in [0.3, 0.4) is 0 Å². The van der Waals surface area contributed by atoms with E-state index in [0.29, 0.717) is 17.2 Å². The monoisotopic (exact) mass is 346 g/mol.